The Morgan fingerprint density at radius 1 is 1.58 bits per heavy atom. The molecule has 0 aliphatic rings. The fourth-order valence-corrected chi connectivity index (χ4v) is 3.66. The molecule has 0 atom stereocenters. The van der Waals surface area contributed by atoms with Crippen LogP contribution < -0.4 is 5.32 Å². The van der Waals surface area contributed by atoms with Crippen LogP contribution in [-0.4, -0.2) is 36.5 Å². The lowest BCUT2D eigenvalue weighted by atomic mass is 10.6. The molecule has 98 valence electrons. The number of thiazole rings is 1. The van der Waals surface area contributed by atoms with Gasteiger partial charge in [0.15, 0.2) is 9.47 Å². The number of hydrogen-bond donors (Lipinski definition) is 1. The highest BCUT2D eigenvalue weighted by Gasteiger charge is 2.10. The molecule has 0 saturated carbocycles. The molecule has 0 unspecified atom stereocenters. The number of rotatable bonds is 4. The molecule has 19 heavy (non-hydrogen) atoms. The van der Waals surface area contributed by atoms with Gasteiger partial charge in [-0.2, -0.15) is 4.52 Å². The molecular formula is C9H8N6OS3. The number of amides is 1. The van der Waals surface area contributed by atoms with Gasteiger partial charge in [0.1, 0.15) is 6.33 Å². The zero-order valence-corrected chi connectivity index (χ0v) is 12.2. The molecule has 3 rings (SSSR count). The van der Waals surface area contributed by atoms with E-state index >= 15 is 0 Å². The van der Waals surface area contributed by atoms with Gasteiger partial charge in [-0.05, 0) is 6.92 Å². The standard InChI is InChI=1S/C9H8N6OS3/c1-5-2-17-7(11-5)12-6(16)3-18-9-14-15-4-10-13-8(15)19-9/h2,4H,3H2,1H3,(H,11,12,16). The maximum Gasteiger partial charge on any atom is 0.236 e. The Kier molecular flexibility index (Phi) is 3.44. The van der Waals surface area contributed by atoms with Crippen LogP contribution in [-0.2, 0) is 4.79 Å². The summed E-state index contributed by atoms with van der Waals surface area (Å²) in [4.78, 5) is 16.6. The van der Waals surface area contributed by atoms with Gasteiger partial charge >= 0.3 is 0 Å². The molecule has 0 spiro atoms. The molecule has 0 aromatic carbocycles. The van der Waals surface area contributed by atoms with E-state index in [1.165, 1.54) is 40.8 Å². The highest BCUT2D eigenvalue weighted by atomic mass is 32.2. The highest BCUT2D eigenvalue weighted by Crippen LogP contribution is 2.23. The molecule has 3 heterocycles. The first-order valence-corrected chi connectivity index (χ1v) is 7.90. The summed E-state index contributed by atoms with van der Waals surface area (Å²) in [6, 6.07) is 0. The maximum atomic E-state index is 11.7. The first-order valence-electron chi connectivity index (χ1n) is 5.22. The van der Waals surface area contributed by atoms with Crippen LogP contribution in [0.5, 0.6) is 0 Å². The van der Waals surface area contributed by atoms with Gasteiger partial charge in [-0.1, -0.05) is 23.1 Å². The van der Waals surface area contributed by atoms with E-state index < -0.39 is 0 Å². The first-order chi connectivity index (χ1) is 9.20. The van der Waals surface area contributed by atoms with Crippen LogP contribution in [0.25, 0.3) is 4.96 Å². The van der Waals surface area contributed by atoms with Gasteiger partial charge in [-0.3, -0.25) is 4.79 Å². The number of nitrogens with zero attached hydrogens (tertiary/aromatic N) is 5. The van der Waals surface area contributed by atoms with Gasteiger partial charge in [-0.15, -0.1) is 26.6 Å². The lowest BCUT2D eigenvalue weighted by Crippen LogP contribution is -2.13. The quantitative estimate of drug-likeness (QED) is 0.738. The molecule has 3 aromatic rings. The Balaban J connectivity index is 1.57. The van der Waals surface area contributed by atoms with Gasteiger partial charge < -0.3 is 5.32 Å². The van der Waals surface area contributed by atoms with Crippen LogP contribution in [0.2, 0.25) is 0 Å². The summed E-state index contributed by atoms with van der Waals surface area (Å²) in [6.45, 7) is 1.89. The number of fused-ring (bicyclic) bond motifs is 1. The lowest BCUT2D eigenvalue weighted by Gasteiger charge is -1.98. The maximum absolute atomic E-state index is 11.7. The van der Waals surface area contributed by atoms with Crippen LogP contribution in [0.1, 0.15) is 5.69 Å². The van der Waals surface area contributed by atoms with Crippen LogP contribution in [0.4, 0.5) is 5.13 Å². The van der Waals surface area contributed by atoms with E-state index in [2.05, 4.69) is 25.6 Å². The van der Waals surface area contributed by atoms with E-state index in [9.17, 15) is 4.79 Å². The predicted molar refractivity (Wildman–Crippen MR) is 74.9 cm³/mol. The van der Waals surface area contributed by atoms with E-state index in [0.29, 0.717) is 10.9 Å². The second-order valence-corrected chi connectivity index (χ2v) is 6.59. The van der Waals surface area contributed by atoms with Crippen molar-refractivity contribution in [2.75, 3.05) is 11.1 Å². The van der Waals surface area contributed by atoms with Crippen molar-refractivity contribution < 1.29 is 4.79 Å². The average molecular weight is 312 g/mol. The van der Waals surface area contributed by atoms with E-state index in [1.807, 2.05) is 12.3 Å². The average Bonchev–Trinajstić information content (AvgIpc) is 3.02. The SMILES string of the molecule is Cc1csc(NC(=O)CSc2nn3cnnc3s2)n1. The molecule has 7 nitrogen and oxygen atoms in total. The minimum absolute atomic E-state index is 0.0923. The molecule has 1 N–H and O–H groups in total. The highest BCUT2D eigenvalue weighted by molar-refractivity contribution is 8.01. The third-order valence-electron chi connectivity index (χ3n) is 2.06. The van der Waals surface area contributed by atoms with Crippen molar-refractivity contribution in [1.82, 2.24) is 24.8 Å². The molecule has 0 radical (unpaired) electrons. The first kappa shape index (κ1) is 12.5. The molecule has 0 fully saturated rings. The van der Waals surface area contributed by atoms with E-state index in [4.69, 9.17) is 0 Å². The summed E-state index contributed by atoms with van der Waals surface area (Å²) in [5.41, 5.74) is 0.904. The minimum Gasteiger partial charge on any atom is -0.301 e. The smallest absolute Gasteiger partial charge is 0.236 e. The molecule has 10 heteroatoms. The zero-order valence-electron chi connectivity index (χ0n) is 9.73. The monoisotopic (exact) mass is 312 g/mol. The largest absolute Gasteiger partial charge is 0.301 e. The number of nitrogens with one attached hydrogen (secondary N) is 1. The summed E-state index contributed by atoms with van der Waals surface area (Å²) in [6.07, 6.45) is 1.54. The number of carbonyl (C=O) groups excluding carboxylic acids is 1. The number of hydrogen-bond acceptors (Lipinski definition) is 8. The molecule has 1 amide bonds. The second-order valence-electron chi connectivity index (χ2n) is 3.56. The summed E-state index contributed by atoms with van der Waals surface area (Å²) >= 11 is 4.19. The van der Waals surface area contributed by atoms with Crippen molar-refractivity contribution in [3.8, 4) is 0 Å². The third-order valence-corrected chi connectivity index (χ3v) is 4.98. The van der Waals surface area contributed by atoms with E-state index in [-0.39, 0.29) is 5.91 Å². The fraction of sp³-hybridized carbons (Fsp3) is 0.222. The van der Waals surface area contributed by atoms with Gasteiger partial charge in [0.2, 0.25) is 10.9 Å². The van der Waals surface area contributed by atoms with Crippen LogP contribution in [0.3, 0.4) is 0 Å². The van der Waals surface area contributed by atoms with Crippen molar-refractivity contribution in [2.45, 2.75) is 11.3 Å². The number of aryl methyl sites for hydroxylation is 1. The van der Waals surface area contributed by atoms with Crippen molar-refractivity contribution >= 4 is 50.4 Å². The number of thioether (sulfide) groups is 1. The number of anilines is 1. The van der Waals surface area contributed by atoms with Gasteiger partial charge in [0.25, 0.3) is 0 Å². The van der Waals surface area contributed by atoms with Crippen LogP contribution in [0, 0.1) is 6.92 Å². The molecule has 0 aliphatic heterocycles. The van der Waals surface area contributed by atoms with E-state index in [0.717, 1.165) is 15.0 Å². The Bertz CT molecular complexity index is 688. The van der Waals surface area contributed by atoms with Crippen molar-refractivity contribution in [1.29, 1.82) is 0 Å². The summed E-state index contributed by atoms with van der Waals surface area (Å²) in [5.74, 6) is 0.202. The molecular weight excluding hydrogens is 304 g/mol. The second kappa shape index (κ2) is 5.23. The van der Waals surface area contributed by atoms with Gasteiger partial charge in [-0.25, -0.2) is 4.98 Å². The number of carbonyl (C=O) groups is 1. The van der Waals surface area contributed by atoms with E-state index in [1.54, 1.807) is 4.52 Å². The van der Waals surface area contributed by atoms with Crippen molar-refractivity contribution in [2.24, 2.45) is 0 Å². The van der Waals surface area contributed by atoms with Gasteiger partial charge in [0.05, 0.1) is 11.4 Å². The fourth-order valence-electron chi connectivity index (χ4n) is 1.29. The molecule has 0 aliphatic carbocycles. The molecule has 0 bridgehead atoms. The topological polar surface area (TPSA) is 85.1 Å². The Morgan fingerprint density at radius 2 is 2.47 bits per heavy atom. The van der Waals surface area contributed by atoms with Crippen molar-refractivity contribution in [3.05, 3.63) is 17.4 Å². The van der Waals surface area contributed by atoms with Crippen LogP contribution in [0.15, 0.2) is 16.0 Å². The number of aromatic nitrogens is 5. The Labute approximate surface area is 120 Å². The minimum atomic E-state index is -0.0923. The summed E-state index contributed by atoms with van der Waals surface area (Å²) in [5, 5.41) is 17.1. The Hall–Kier alpha value is -1.52. The zero-order chi connectivity index (χ0) is 13.2. The lowest BCUT2D eigenvalue weighted by molar-refractivity contribution is -0.113. The predicted octanol–water partition coefficient (Wildman–Crippen LogP) is 1.68. The van der Waals surface area contributed by atoms with Crippen molar-refractivity contribution in [3.63, 3.8) is 0 Å². The van der Waals surface area contributed by atoms with Crippen LogP contribution >= 0.6 is 34.4 Å². The summed E-state index contributed by atoms with van der Waals surface area (Å²) < 4.78 is 2.38. The van der Waals surface area contributed by atoms with Gasteiger partial charge in [0, 0.05) is 5.38 Å². The Morgan fingerprint density at radius 3 is 3.21 bits per heavy atom. The third kappa shape index (κ3) is 2.91. The molecule has 3 aromatic heterocycles. The normalized spacial score (nSPS) is 11.0. The summed E-state index contributed by atoms with van der Waals surface area (Å²) in [7, 11) is 0. The molecule has 0 saturated heterocycles.